The molecule has 0 amide bonds. The molecule has 25 heavy (non-hydrogen) atoms. The van der Waals surface area contributed by atoms with Crippen molar-refractivity contribution in [3.05, 3.63) is 47.0 Å². The molecule has 2 aliphatic rings. The first kappa shape index (κ1) is 20.0. The predicted molar refractivity (Wildman–Crippen MR) is 96.1 cm³/mol. The van der Waals surface area contributed by atoms with Crippen LogP contribution < -0.4 is 34.3 Å². The van der Waals surface area contributed by atoms with E-state index in [1.54, 1.807) is 20.4 Å². The van der Waals surface area contributed by atoms with Crippen LogP contribution in [-0.2, 0) is 21.3 Å². The molecule has 128 valence electrons. The van der Waals surface area contributed by atoms with E-state index in [-0.39, 0.29) is 42.8 Å². The summed E-state index contributed by atoms with van der Waals surface area (Å²) in [7, 11) is 1.87. The summed E-state index contributed by atoms with van der Waals surface area (Å²) >= 11 is 0. The first-order valence-electron chi connectivity index (χ1n) is 7.51. The monoisotopic (exact) mass is 369 g/mol. The molecular formula is C17H20N3NaO3S. The van der Waals surface area contributed by atoms with E-state index in [1.807, 2.05) is 32.1 Å². The van der Waals surface area contributed by atoms with Crippen LogP contribution >= 0.6 is 0 Å². The van der Waals surface area contributed by atoms with Crippen molar-refractivity contribution >= 4 is 21.7 Å². The van der Waals surface area contributed by atoms with E-state index in [0.717, 1.165) is 34.0 Å². The molecule has 0 spiro atoms. The molecule has 0 bridgehead atoms. The zero-order valence-electron chi connectivity index (χ0n) is 16.1. The number of amidine groups is 1. The summed E-state index contributed by atoms with van der Waals surface area (Å²) in [5.74, 6) is 1.77. The number of ether oxygens (including phenoxy) is 2. The van der Waals surface area contributed by atoms with Gasteiger partial charge in [0.05, 0.1) is 42.2 Å². The van der Waals surface area contributed by atoms with Crippen LogP contribution in [0.5, 0.6) is 5.75 Å². The number of rotatable bonds is 4. The van der Waals surface area contributed by atoms with E-state index < -0.39 is 10.8 Å². The Kier molecular flexibility index (Phi) is 6.73. The second-order valence-electron chi connectivity index (χ2n) is 5.54. The summed E-state index contributed by atoms with van der Waals surface area (Å²) in [6.07, 6.45) is 7.27. The Hall–Kier alpha value is -1.28. The average molecular weight is 369 g/mol. The van der Waals surface area contributed by atoms with Crippen molar-refractivity contribution in [1.82, 2.24) is 4.98 Å². The minimum atomic E-state index is -1.36. The minimum Gasteiger partial charge on any atom is -1.00 e. The number of pyridine rings is 1. The minimum absolute atomic E-state index is 0. The standard InChI is InChI=1S/C17H19N3O3S.Na.H/c1-10-8-18-15(11(2)16(10)23-4)9-24(21)17-19-13-6-5-12(22-3)7-14(13)20-17;;/h5-8,14H,9H2,1-4H3;;/q;+1;-1. The largest absolute Gasteiger partial charge is 1.00 e. The van der Waals surface area contributed by atoms with Crippen LogP contribution in [0.25, 0.3) is 0 Å². The summed E-state index contributed by atoms with van der Waals surface area (Å²) in [5, 5.41) is 0.342. The zero-order valence-corrected chi connectivity index (χ0v) is 17.9. The maximum Gasteiger partial charge on any atom is 1.00 e. The second-order valence-corrected chi connectivity index (χ2v) is 6.88. The van der Waals surface area contributed by atoms with Crippen molar-refractivity contribution in [3.63, 3.8) is 0 Å². The molecule has 1 aliphatic heterocycles. The maximum atomic E-state index is 12.7. The van der Waals surface area contributed by atoms with Crippen molar-refractivity contribution in [2.45, 2.75) is 25.6 Å². The molecule has 1 aromatic heterocycles. The van der Waals surface area contributed by atoms with E-state index in [1.165, 1.54) is 0 Å². The van der Waals surface area contributed by atoms with Gasteiger partial charge in [0, 0.05) is 17.3 Å². The van der Waals surface area contributed by atoms with Gasteiger partial charge in [0.25, 0.3) is 0 Å². The van der Waals surface area contributed by atoms with Gasteiger partial charge in [-0.15, -0.1) is 0 Å². The van der Waals surface area contributed by atoms with Gasteiger partial charge in [0.15, 0.2) is 0 Å². The quantitative estimate of drug-likeness (QED) is 0.662. The smallest absolute Gasteiger partial charge is 1.00 e. The number of aryl methyl sites for hydroxylation is 1. The Bertz CT molecular complexity index is 837. The van der Waals surface area contributed by atoms with Crippen LogP contribution in [0.15, 0.2) is 40.2 Å². The average Bonchev–Trinajstić information content (AvgIpc) is 3.01. The number of nitrogens with zero attached hydrogens (tertiary/aromatic N) is 3. The molecule has 0 fully saturated rings. The number of methoxy groups -OCH3 is 2. The number of aromatic nitrogens is 1. The molecule has 2 heterocycles. The molecule has 1 aromatic rings. The van der Waals surface area contributed by atoms with Gasteiger partial charge in [-0.2, -0.15) is 0 Å². The molecule has 6 nitrogen and oxygen atoms in total. The predicted octanol–water partition coefficient (Wildman–Crippen LogP) is -0.648. The molecular weight excluding hydrogens is 349 g/mol. The summed E-state index contributed by atoms with van der Waals surface area (Å²) in [6.45, 7) is 3.85. The normalized spacial score (nSPS) is 19.2. The summed E-state index contributed by atoms with van der Waals surface area (Å²) in [4.78, 5) is 13.2. The molecule has 8 heteroatoms. The van der Waals surface area contributed by atoms with Crippen molar-refractivity contribution in [2.24, 2.45) is 9.98 Å². The molecule has 0 saturated heterocycles. The second kappa shape index (κ2) is 8.40. The topological polar surface area (TPSA) is 73.1 Å². The zero-order chi connectivity index (χ0) is 17.3. The van der Waals surface area contributed by atoms with Crippen LogP contribution in [0.2, 0.25) is 0 Å². The van der Waals surface area contributed by atoms with Crippen LogP contribution in [0, 0.1) is 13.8 Å². The number of fused-ring (bicyclic) bond motifs is 1. The molecule has 0 saturated carbocycles. The van der Waals surface area contributed by atoms with E-state index >= 15 is 0 Å². The molecule has 2 unspecified atom stereocenters. The molecule has 3 rings (SSSR count). The Morgan fingerprint density at radius 2 is 2.00 bits per heavy atom. The van der Waals surface area contributed by atoms with Crippen LogP contribution in [0.4, 0.5) is 0 Å². The fraction of sp³-hybridized carbons (Fsp3) is 0.353. The summed E-state index contributed by atoms with van der Waals surface area (Å²) in [6, 6.07) is -0.217. The van der Waals surface area contributed by atoms with E-state index in [9.17, 15) is 4.21 Å². The number of hydrogen-bond donors (Lipinski definition) is 0. The van der Waals surface area contributed by atoms with Gasteiger partial charge in [0.1, 0.15) is 17.6 Å². The molecule has 0 radical (unpaired) electrons. The van der Waals surface area contributed by atoms with Gasteiger partial charge < -0.3 is 10.9 Å². The first-order valence-corrected chi connectivity index (χ1v) is 8.83. The third-order valence-corrected chi connectivity index (χ3v) is 5.11. The first-order chi connectivity index (χ1) is 11.5. The van der Waals surface area contributed by atoms with E-state index in [2.05, 4.69) is 15.0 Å². The molecule has 0 N–H and O–H groups in total. The fourth-order valence-corrected chi connectivity index (χ4v) is 3.79. The van der Waals surface area contributed by atoms with Crippen molar-refractivity contribution in [2.75, 3.05) is 14.2 Å². The Morgan fingerprint density at radius 3 is 2.68 bits per heavy atom. The van der Waals surface area contributed by atoms with Crippen molar-refractivity contribution in [3.8, 4) is 5.75 Å². The Morgan fingerprint density at radius 1 is 1.24 bits per heavy atom. The van der Waals surface area contributed by atoms with Gasteiger partial charge in [0.2, 0.25) is 5.17 Å². The SMILES string of the molecule is COC1=CC2N=C(S(=O)Cc3ncc(C)c(OC)c3C)N=C2C=C1.[H-].[Na+]. The number of hydrogen-bond acceptors (Lipinski definition) is 6. The Balaban J connectivity index is 0.00000169. The van der Waals surface area contributed by atoms with Gasteiger partial charge in [-0.25, -0.2) is 9.98 Å². The van der Waals surface area contributed by atoms with Crippen molar-refractivity contribution in [1.29, 1.82) is 0 Å². The van der Waals surface area contributed by atoms with Crippen molar-refractivity contribution < 1.29 is 44.7 Å². The molecule has 0 aromatic carbocycles. The number of allylic oxidation sites excluding steroid dienone is 1. The van der Waals surface area contributed by atoms with Gasteiger partial charge in [-0.3, -0.25) is 9.19 Å². The van der Waals surface area contributed by atoms with Gasteiger partial charge >= 0.3 is 29.6 Å². The Labute approximate surface area is 173 Å². The van der Waals surface area contributed by atoms with Crippen LogP contribution in [0.1, 0.15) is 18.2 Å². The van der Waals surface area contributed by atoms with E-state index in [0.29, 0.717) is 5.17 Å². The van der Waals surface area contributed by atoms with Gasteiger partial charge in [-0.1, -0.05) is 0 Å². The third-order valence-electron chi connectivity index (χ3n) is 3.97. The van der Waals surface area contributed by atoms with E-state index in [4.69, 9.17) is 9.47 Å². The van der Waals surface area contributed by atoms with Crippen LogP contribution in [-0.4, -0.2) is 40.3 Å². The summed E-state index contributed by atoms with van der Waals surface area (Å²) < 4.78 is 23.3. The molecule has 2 atom stereocenters. The number of aliphatic imine (C=N–C) groups is 2. The maximum absolute atomic E-state index is 12.7. The molecule has 1 aliphatic carbocycles. The third kappa shape index (κ3) is 4.11. The van der Waals surface area contributed by atoms with Gasteiger partial charge in [-0.05, 0) is 32.1 Å². The fourth-order valence-electron chi connectivity index (χ4n) is 2.68. The summed E-state index contributed by atoms with van der Waals surface area (Å²) in [5.41, 5.74) is 3.37. The van der Waals surface area contributed by atoms with Crippen LogP contribution in [0.3, 0.4) is 0 Å².